The zero-order chi connectivity index (χ0) is 13.8. The van der Waals surface area contributed by atoms with Crippen molar-refractivity contribution in [3.63, 3.8) is 0 Å². The van der Waals surface area contributed by atoms with Crippen LogP contribution in [0.15, 0.2) is 23.1 Å². The van der Waals surface area contributed by atoms with E-state index in [4.69, 9.17) is 4.74 Å². The SMILES string of the molecule is CCCC(C)NS(=O)(=O)c1ccc(OC)c(I)c1. The Morgan fingerprint density at radius 2 is 2.11 bits per heavy atom. The van der Waals surface area contributed by atoms with Crippen molar-refractivity contribution in [3.05, 3.63) is 21.8 Å². The maximum absolute atomic E-state index is 12.1. The molecule has 18 heavy (non-hydrogen) atoms. The minimum atomic E-state index is -3.44. The summed E-state index contributed by atoms with van der Waals surface area (Å²) in [7, 11) is -1.88. The Morgan fingerprint density at radius 3 is 2.61 bits per heavy atom. The molecule has 6 heteroatoms. The van der Waals surface area contributed by atoms with Crippen molar-refractivity contribution in [1.29, 1.82) is 0 Å². The van der Waals surface area contributed by atoms with E-state index < -0.39 is 10.0 Å². The molecular formula is C12H18INO3S. The lowest BCUT2D eigenvalue weighted by Gasteiger charge is -2.14. The highest BCUT2D eigenvalue weighted by atomic mass is 127. The molecule has 0 saturated heterocycles. The summed E-state index contributed by atoms with van der Waals surface area (Å²) in [4.78, 5) is 0.274. The molecule has 0 spiro atoms. The number of ether oxygens (including phenoxy) is 1. The third-order valence-corrected chi connectivity index (χ3v) is 4.94. The van der Waals surface area contributed by atoms with Gasteiger partial charge >= 0.3 is 0 Å². The van der Waals surface area contributed by atoms with Gasteiger partial charge < -0.3 is 4.74 Å². The van der Waals surface area contributed by atoms with Crippen molar-refractivity contribution in [3.8, 4) is 5.75 Å². The summed E-state index contributed by atoms with van der Waals surface area (Å²) in [6.07, 6.45) is 1.77. The maximum Gasteiger partial charge on any atom is 0.240 e. The molecule has 1 unspecified atom stereocenters. The molecule has 0 amide bonds. The molecule has 1 N–H and O–H groups in total. The zero-order valence-electron chi connectivity index (χ0n) is 10.7. The Hall–Kier alpha value is -0.340. The number of benzene rings is 1. The number of hydrogen-bond acceptors (Lipinski definition) is 3. The number of sulfonamides is 1. The van der Waals surface area contributed by atoms with E-state index in [2.05, 4.69) is 27.3 Å². The fraction of sp³-hybridized carbons (Fsp3) is 0.500. The van der Waals surface area contributed by atoms with Crippen LogP contribution in [0.1, 0.15) is 26.7 Å². The van der Waals surface area contributed by atoms with Crippen LogP contribution in [0.4, 0.5) is 0 Å². The summed E-state index contributed by atoms with van der Waals surface area (Å²) in [5.74, 6) is 0.677. The number of halogens is 1. The van der Waals surface area contributed by atoms with Gasteiger partial charge in [0.05, 0.1) is 15.6 Å². The second-order valence-corrected chi connectivity index (χ2v) is 6.98. The molecule has 0 aromatic heterocycles. The predicted octanol–water partition coefficient (Wildman–Crippen LogP) is 2.77. The van der Waals surface area contributed by atoms with E-state index >= 15 is 0 Å². The summed E-state index contributed by atoms with van der Waals surface area (Å²) >= 11 is 2.06. The van der Waals surface area contributed by atoms with E-state index in [1.54, 1.807) is 25.3 Å². The number of rotatable bonds is 6. The van der Waals surface area contributed by atoms with Gasteiger partial charge in [-0.25, -0.2) is 13.1 Å². The highest BCUT2D eigenvalue weighted by Gasteiger charge is 2.18. The molecule has 0 heterocycles. The van der Waals surface area contributed by atoms with Crippen LogP contribution >= 0.6 is 22.6 Å². The summed E-state index contributed by atoms with van der Waals surface area (Å²) in [5, 5.41) is 0. The number of hydrogen-bond donors (Lipinski definition) is 1. The molecule has 1 aromatic carbocycles. The Morgan fingerprint density at radius 1 is 1.44 bits per heavy atom. The topological polar surface area (TPSA) is 55.4 Å². The van der Waals surface area contributed by atoms with Crippen LogP contribution in [0.3, 0.4) is 0 Å². The quantitative estimate of drug-likeness (QED) is 0.769. The van der Waals surface area contributed by atoms with E-state index in [1.807, 2.05) is 13.8 Å². The summed E-state index contributed by atoms with van der Waals surface area (Å²) in [6.45, 7) is 3.90. The van der Waals surface area contributed by atoms with Gasteiger partial charge in [-0.1, -0.05) is 13.3 Å². The van der Waals surface area contributed by atoms with E-state index in [0.717, 1.165) is 16.4 Å². The van der Waals surface area contributed by atoms with Crippen LogP contribution in [0.5, 0.6) is 5.75 Å². The third kappa shape index (κ3) is 4.10. The Labute approximate surface area is 122 Å². The van der Waals surface area contributed by atoms with Crippen LogP contribution in [0.2, 0.25) is 0 Å². The molecule has 1 rings (SSSR count). The molecule has 4 nitrogen and oxygen atoms in total. The van der Waals surface area contributed by atoms with Gasteiger partial charge in [0.25, 0.3) is 0 Å². The first-order valence-electron chi connectivity index (χ1n) is 5.76. The lowest BCUT2D eigenvalue weighted by Crippen LogP contribution is -2.32. The van der Waals surface area contributed by atoms with Crippen LogP contribution in [0, 0.1) is 3.57 Å². The van der Waals surface area contributed by atoms with E-state index in [0.29, 0.717) is 5.75 Å². The number of methoxy groups -OCH3 is 1. The molecule has 102 valence electrons. The summed E-state index contributed by atoms with van der Waals surface area (Å²) in [6, 6.07) is 4.78. The molecule has 0 radical (unpaired) electrons. The van der Waals surface area contributed by atoms with Gasteiger partial charge in [0.15, 0.2) is 0 Å². The van der Waals surface area contributed by atoms with Gasteiger partial charge in [0, 0.05) is 6.04 Å². The van der Waals surface area contributed by atoms with Crippen molar-refractivity contribution in [2.24, 2.45) is 0 Å². The Balaban J connectivity index is 2.95. The van der Waals surface area contributed by atoms with Gasteiger partial charge in [-0.3, -0.25) is 0 Å². The molecule has 0 saturated carbocycles. The van der Waals surface area contributed by atoms with Crippen molar-refractivity contribution in [2.45, 2.75) is 37.6 Å². The zero-order valence-corrected chi connectivity index (χ0v) is 13.7. The van der Waals surface area contributed by atoms with Crippen LogP contribution in [0.25, 0.3) is 0 Å². The van der Waals surface area contributed by atoms with Crippen molar-refractivity contribution in [1.82, 2.24) is 4.72 Å². The van der Waals surface area contributed by atoms with Gasteiger partial charge in [-0.05, 0) is 54.1 Å². The molecular weight excluding hydrogens is 365 g/mol. The number of nitrogens with one attached hydrogen (secondary N) is 1. The smallest absolute Gasteiger partial charge is 0.240 e. The fourth-order valence-corrected chi connectivity index (χ4v) is 3.89. The molecule has 0 fully saturated rings. The van der Waals surface area contributed by atoms with Gasteiger partial charge in [-0.2, -0.15) is 0 Å². The molecule has 0 aliphatic carbocycles. The van der Waals surface area contributed by atoms with E-state index in [-0.39, 0.29) is 10.9 Å². The first kappa shape index (κ1) is 15.7. The monoisotopic (exact) mass is 383 g/mol. The normalized spacial score (nSPS) is 13.3. The molecule has 0 aliphatic heterocycles. The predicted molar refractivity (Wildman–Crippen MR) is 80.4 cm³/mol. The second kappa shape index (κ2) is 6.72. The second-order valence-electron chi connectivity index (χ2n) is 4.11. The highest BCUT2D eigenvalue weighted by molar-refractivity contribution is 14.1. The molecule has 1 atom stereocenters. The average Bonchev–Trinajstić information content (AvgIpc) is 2.28. The van der Waals surface area contributed by atoms with Gasteiger partial charge in [-0.15, -0.1) is 0 Å². The summed E-state index contributed by atoms with van der Waals surface area (Å²) in [5.41, 5.74) is 0. The van der Waals surface area contributed by atoms with Gasteiger partial charge in [0.1, 0.15) is 5.75 Å². The third-order valence-electron chi connectivity index (χ3n) is 2.51. The van der Waals surface area contributed by atoms with Gasteiger partial charge in [0.2, 0.25) is 10.0 Å². The van der Waals surface area contributed by atoms with Crippen LogP contribution in [-0.2, 0) is 10.0 Å². The Bertz CT molecular complexity index is 502. The minimum Gasteiger partial charge on any atom is -0.496 e. The van der Waals surface area contributed by atoms with E-state index in [1.165, 1.54) is 0 Å². The first-order chi connectivity index (χ1) is 8.40. The van der Waals surface area contributed by atoms with Crippen molar-refractivity contribution >= 4 is 32.6 Å². The largest absolute Gasteiger partial charge is 0.496 e. The Kier molecular flexibility index (Phi) is 5.87. The average molecular weight is 383 g/mol. The standard InChI is InChI=1S/C12H18INO3S/c1-4-5-9(2)14-18(15,16)10-6-7-12(17-3)11(13)8-10/h6-9,14H,4-5H2,1-3H3. The lowest BCUT2D eigenvalue weighted by molar-refractivity contribution is 0.411. The highest BCUT2D eigenvalue weighted by Crippen LogP contribution is 2.24. The fourth-order valence-electron chi connectivity index (χ4n) is 1.64. The first-order valence-corrected chi connectivity index (χ1v) is 8.32. The van der Waals surface area contributed by atoms with Crippen LogP contribution in [-0.4, -0.2) is 21.6 Å². The molecule has 0 aliphatic rings. The van der Waals surface area contributed by atoms with Crippen LogP contribution < -0.4 is 9.46 Å². The minimum absolute atomic E-state index is 0.0558. The van der Waals surface area contributed by atoms with Crippen molar-refractivity contribution in [2.75, 3.05) is 7.11 Å². The molecule has 1 aromatic rings. The van der Waals surface area contributed by atoms with Crippen molar-refractivity contribution < 1.29 is 13.2 Å². The lowest BCUT2D eigenvalue weighted by atomic mass is 10.2. The van der Waals surface area contributed by atoms with E-state index in [9.17, 15) is 8.42 Å². The maximum atomic E-state index is 12.1. The summed E-state index contributed by atoms with van der Waals surface area (Å²) < 4.78 is 32.8. The molecule has 0 bridgehead atoms.